The molecule has 7 nitrogen and oxygen atoms in total. The summed E-state index contributed by atoms with van der Waals surface area (Å²) in [4.78, 5) is 33.6. The predicted molar refractivity (Wildman–Crippen MR) is 107 cm³/mol. The lowest BCUT2D eigenvalue weighted by Gasteiger charge is -2.39. The number of fused-ring (bicyclic) bond motifs is 1. The van der Waals surface area contributed by atoms with Crippen LogP contribution in [0.15, 0.2) is 36.8 Å². The number of hydrogen-bond acceptors (Lipinski definition) is 5. The Morgan fingerprint density at radius 2 is 1.93 bits per heavy atom. The molecule has 144 valence electrons. The summed E-state index contributed by atoms with van der Waals surface area (Å²) >= 11 is 0. The first-order chi connectivity index (χ1) is 13.7. The van der Waals surface area contributed by atoms with Crippen molar-refractivity contribution in [1.82, 2.24) is 24.8 Å². The van der Waals surface area contributed by atoms with Gasteiger partial charge in [-0.2, -0.15) is 0 Å². The van der Waals surface area contributed by atoms with Crippen LogP contribution < -0.4 is 4.90 Å². The van der Waals surface area contributed by atoms with E-state index in [-0.39, 0.29) is 5.91 Å². The van der Waals surface area contributed by atoms with Gasteiger partial charge in [-0.05, 0) is 56.9 Å². The lowest BCUT2D eigenvalue weighted by Crippen LogP contribution is -2.48. The summed E-state index contributed by atoms with van der Waals surface area (Å²) in [5.74, 6) is 1.99. The number of piperidine rings is 1. The molecule has 1 aliphatic carbocycles. The van der Waals surface area contributed by atoms with Crippen molar-refractivity contribution in [3.8, 4) is 0 Å². The number of rotatable bonds is 4. The number of amides is 1. The van der Waals surface area contributed by atoms with Crippen molar-refractivity contribution in [3.63, 3.8) is 0 Å². The highest BCUT2D eigenvalue weighted by atomic mass is 16.2. The first kappa shape index (κ1) is 17.2. The lowest BCUT2D eigenvalue weighted by atomic mass is 10.0. The van der Waals surface area contributed by atoms with Gasteiger partial charge in [-0.1, -0.05) is 0 Å². The summed E-state index contributed by atoms with van der Waals surface area (Å²) in [6.07, 6.45) is 7.83. The number of imidazole rings is 1. The molecule has 1 N–H and O–H groups in total. The number of aromatic nitrogens is 4. The number of carbonyl (C=O) groups is 1. The summed E-state index contributed by atoms with van der Waals surface area (Å²) < 4.78 is 0. The highest BCUT2D eigenvalue weighted by Crippen LogP contribution is 2.35. The molecule has 2 aromatic heterocycles. The maximum atomic E-state index is 13.0. The molecule has 0 atom stereocenters. The van der Waals surface area contributed by atoms with Crippen LogP contribution in [-0.2, 0) is 0 Å². The molecule has 2 aliphatic rings. The molecule has 1 saturated heterocycles. The third kappa shape index (κ3) is 3.21. The third-order valence-electron chi connectivity index (χ3n) is 5.76. The molecular formula is C21H24N6O. The summed E-state index contributed by atoms with van der Waals surface area (Å²) in [6, 6.07) is 8.74. The van der Waals surface area contributed by atoms with Gasteiger partial charge in [-0.15, -0.1) is 0 Å². The molecule has 0 unspecified atom stereocenters. The smallest absolute Gasteiger partial charge is 0.253 e. The molecule has 1 aromatic carbocycles. The van der Waals surface area contributed by atoms with Crippen LogP contribution in [0.1, 0.15) is 41.9 Å². The largest absolute Gasteiger partial charge is 0.350 e. The fourth-order valence-corrected chi connectivity index (χ4v) is 4.26. The Morgan fingerprint density at radius 3 is 2.64 bits per heavy atom. The first-order valence-corrected chi connectivity index (χ1v) is 9.99. The highest BCUT2D eigenvalue weighted by Gasteiger charge is 2.37. The van der Waals surface area contributed by atoms with E-state index in [1.54, 1.807) is 6.33 Å². The molecule has 1 amide bonds. The minimum Gasteiger partial charge on any atom is -0.350 e. The van der Waals surface area contributed by atoms with Gasteiger partial charge in [0.1, 0.15) is 18.0 Å². The van der Waals surface area contributed by atoms with E-state index in [0.717, 1.165) is 54.2 Å². The highest BCUT2D eigenvalue weighted by molar-refractivity contribution is 5.97. The Balaban J connectivity index is 1.28. The van der Waals surface area contributed by atoms with Crippen LogP contribution in [0.25, 0.3) is 11.0 Å². The van der Waals surface area contributed by atoms with E-state index < -0.39 is 0 Å². The van der Waals surface area contributed by atoms with Crippen molar-refractivity contribution in [2.45, 2.75) is 44.7 Å². The van der Waals surface area contributed by atoms with Crippen LogP contribution >= 0.6 is 0 Å². The van der Waals surface area contributed by atoms with Crippen LogP contribution in [0.5, 0.6) is 0 Å². The molecule has 3 heterocycles. The zero-order valence-electron chi connectivity index (χ0n) is 16.0. The molecule has 0 spiro atoms. The Labute approximate surface area is 163 Å². The zero-order valence-corrected chi connectivity index (χ0v) is 16.0. The summed E-state index contributed by atoms with van der Waals surface area (Å²) in [5.41, 5.74) is 2.55. The fraction of sp³-hybridized carbons (Fsp3) is 0.429. The van der Waals surface area contributed by atoms with Crippen LogP contribution in [0.3, 0.4) is 0 Å². The topological polar surface area (TPSA) is 78.0 Å². The fourth-order valence-electron chi connectivity index (χ4n) is 4.26. The minimum atomic E-state index is 0.104. The van der Waals surface area contributed by atoms with E-state index in [2.05, 4.69) is 24.8 Å². The number of benzene rings is 1. The summed E-state index contributed by atoms with van der Waals surface area (Å²) in [6.45, 7) is 3.48. The van der Waals surface area contributed by atoms with Crippen LogP contribution in [0.2, 0.25) is 0 Å². The van der Waals surface area contributed by atoms with E-state index in [9.17, 15) is 4.79 Å². The maximum absolute atomic E-state index is 13.0. The van der Waals surface area contributed by atoms with Crippen molar-refractivity contribution in [2.24, 2.45) is 0 Å². The molecule has 3 aromatic rings. The van der Waals surface area contributed by atoms with Crippen molar-refractivity contribution in [2.75, 3.05) is 18.0 Å². The quantitative estimate of drug-likeness (QED) is 0.757. The SMILES string of the molecule is Cc1nc2ccc(C(=O)N3CCC(N(c4ccncn4)C4CC4)CC3)cc2[nH]1. The van der Waals surface area contributed by atoms with Crippen molar-refractivity contribution < 1.29 is 4.79 Å². The molecule has 0 radical (unpaired) electrons. The molecular weight excluding hydrogens is 352 g/mol. The second kappa shape index (κ2) is 6.89. The van der Waals surface area contributed by atoms with Gasteiger partial charge in [0.15, 0.2) is 0 Å². The van der Waals surface area contributed by atoms with Gasteiger partial charge in [-0.3, -0.25) is 4.79 Å². The average molecular weight is 376 g/mol. The van der Waals surface area contributed by atoms with Gasteiger partial charge in [0.05, 0.1) is 11.0 Å². The third-order valence-corrected chi connectivity index (χ3v) is 5.76. The minimum absolute atomic E-state index is 0.104. The van der Waals surface area contributed by atoms with Crippen LogP contribution in [0, 0.1) is 6.92 Å². The van der Waals surface area contributed by atoms with E-state index in [1.807, 2.05) is 42.3 Å². The number of carbonyl (C=O) groups excluding carboxylic acids is 1. The molecule has 0 bridgehead atoms. The number of likely N-dealkylation sites (tertiary alicyclic amines) is 1. The normalized spacial score (nSPS) is 17.8. The molecule has 7 heteroatoms. The van der Waals surface area contributed by atoms with Crippen molar-refractivity contribution >= 4 is 22.8 Å². The Morgan fingerprint density at radius 1 is 1.14 bits per heavy atom. The average Bonchev–Trinajstić information content (AvgIpc) is 3.48. The van der Waals surface area contributed by atoms with Crippen molar-refractivity contribution in [3.05, 3.63) is 48.2 Å². The van der Waals surface area contributed by atoms with Crippen molar-refractivity contribution in [1.29, 1.82) is 0 Å². The molecule has 1 aliphatic heterocycles. The standard InChI is InChI=1S/C21H24N6O/c1-14-24-18-5-2-15(12-19(18)25-14)21(28)26-10-7-17(8-11-26)27(16-3-4-16)20-6-9-22-13-23-20/h2,5-6,9,12-13,16-17H,3-4,7-8,10-11H2,1H3,(H,24,25). The summed E-state index contributed by atoms with van der Waals surface area (Å²) in [5, 5.41) is 0. The number of nitrogens with one attached hydrogen (secondary N) is 1. The Hall–Kier alpha value is -2.96. The number of aromatic amines is 1. The molecule has 5 rings (SSSR count). The maximum Gasteiger partial charge on any atom is 0.253 e. The predicted octanol–water partition coefficient (Wildman–Crippen LogP) is 2.93. The molecule has 1 saturated carbocycles. The number of nitrogens with zero attached hydrogens (tertiary/aromatic N) is 5. The second-order valence-corrected chi connectivity index (χ2v) is 7.78. The van der Waals surface area contributed by atoms with Gasteiger partial charge < -0.3 is 14.8 Å². The van der Waals surface area contributed by atoms with Gasteiger partial charge in [0.2, 0.25) is 0 Å². The second-order valence-electron chi connectivity index (χ2n) is 7.78. The van der Waals surface area contributed by atoms with Gasteiger partial charge in [0.25, 0.3) is 5.91 Å². The van der Waals surface area contributed by atoms with Gasteiger partial charge in [-0.25, -0.2) is 15.0 Å². The van der Waals surface area contributed by atoms with Gasteiger partial charge >= 0.3 is 0 Å². The summed E-state index contributed by atoms with van der Waals surface area (Å²) in [7, 11) is 0. The Bertz CT molecular complexity index is 989. The van der Waals surface area contributed by atoms with E-state index in [1.165, 1.54) is 12.8 Å². The van der Waals surface area contributed by atoms with Crippen LogP contribution in [0.4, 0.5) is 5.82 Å². The first-order valence-electron chi connectivity index (χ1n) is 9.99. The number of H-pyrrole nitrogens is 1. The van der Waals surface area contributed by atoms with Crippen LogP contribution in [-0.4, -0.2) is 55.9 Å². The van der Waals surface area contributed by atoms with E-state index >= 15 is 0 Å². The molecule has 28 heavy (non-hydrogen) atoms. The zero-order chi connectivity index (χ0) is 19.1. The Kier molecular flexibility index (Phi) is 4.22. The van der Waals surface area contributed by atoms with Gasteiger partial charge in [0, 0.05) is 36.9 Å². The number of aryl methyl sites for hydroxylation is 1. The van der Waals surface area contributed by atoms with E-state index in [4.69, 9.17) is 0 Å². The number of hydrogen-bond donors (Lipinski definition) is 1. The lowest BCUT2D eigenvalue weighted by molar-refractivity contribution is 0.0712. The van der Waals surface area contributed by atoms with E-state index in [0.29, 0.717) is 12.1 Å². The monoisotopic (exact) mass is 376 g/mol. The molecule has 2 fully saturated rings. The number of anilines is 1.